The molecule has 5 heteroatoms. The van der Waals surface area contributed by atoms with Gasteiger partial charge in [0.25, 0.3) is 0 Å². The second-order valence-electron chi connectivity index (χ2n) is 8.92. The van der Waals surface area contributed by atoms with Crippen LogP contribution in [0.2, 0.25) is 5.02 Å². The number of benzene rings is 1. The Kier molecular flexibility index (Phi) is 3.40. The predicted octanol–water partition coefficient (Wildman–Crippen LogP) is 4.13. The molecule has 144 valence electrons. The van der Waals surface area contributed by atoms with E-state index in [1.165, 1.54) is 40.6 Å². The highest BCUT2D eigenvalue weighted by Crippen LogP contribution is 2.49. The minimum absolute atomic E-state index is 0.464. The summed E-state index contributed by atoms with van der Waals surface area (Å²) in [5.41, 5.74) is 6.39. The number of fused-ring (bicyclic) bond motifs is 7. The van der Waals surface area contributed by atoms with Crippen LogP contribution in [0.25, 0.3) is 10.9 Å². The summed E-state index contributed by atoms with van der Waals surface area (Å²) in [6, 6.07) is 9.33. The summed E-state index contributed by atoms with van der Waals surface area (Å²) in [6.07, 6.45) is 6.09. The first kappa shape index (κ1) is 17.0. The molecule has 28 heavy (non-hydrogen) atoms. The average Bonchev–Trinajstić information content (AvgIpc) is 3.06. The fourth-order valence-electron chi connectivity index (χ4n) is 5.88. The lowest BCUT2D eigenvalue weighted by Gasteiger charge is -2.41. The monoisotopic (exact) mass is 393 g/mol. The van der Waals surface area contributed by atoms with Crippen molar-refractivity contribution in [3.63, 3.8) is 0 Å². The molecule has 0 amide bonds. The first-order valence-corrected chi connectivity index (χ1v) is 10.5. The van der Waals surface area contributed by atoms with E-state index in [1.807, 2.05) is 25.3 Å². The minimum atomic E-state index is -0.815. The van der Waals surface area contributed by atoms with Crippen LogP contribution in [0.5, 0.6) is 0 Å². The maximum absolute atomic E-state index is 11.5. The lowest BCUT2D eigenvalue weighted by molar-refractivity contribution is -0.00504. The third-order valence-corrected chi connectivity index (χ3v) is 7.54. The number of rotatable bonds is 2. The number of pyridine rings is 1. The van der Waals surface area contributed by atoms with Gasteiger partial charge in [-0.05, 0) is 67.8 Å². The molecule has 3 aliphatic rings. The maximum Gasteiger partial charge on any atom is 0.112 e. The number of hydrogen-bond acceptors (Lipinski definition) is 3. The van der Waals surface area contributed by atoms with Gasteiger partial charge in [-0.15, -0.1) is 0 Å². The van der Waals surface area contributed by atoms with Crippen LogP contribution in [0.4, 0.5) is 0 Å². The zero-order valence-electron chi connectivity index (χ0n) is 16.2. The topological polar surface area (TPSA) is 41.3 Å². The molecule has 1 aromatic carbocycles. The van der Waals surface area contributed by atoms with E-state index in [2.05, 4.69) is 33.6 Å². The van der Waals surface area contributed by atoms with E-state index in [4.69, 9.17) is 11.6 Å². The van der Waals surface area contributed by atoms with Gasteiger partial charge in [0, 0.05) is 58.4 Å². The van der Waals surface area contributed by atoms with Crippen molar-refractivity contribution in [1.29, 1.82) is 0 Å². The van der Waals surface area contributed by atoms with Crippen LogP contribution in [0.15, 0.2) is 30.5 Å². The van der Waals surface area contributed by atoms with Gasteiger partial charge in [-0.2, -0.15) is 0 Å². The van der Waals surface area contributed by atoms with E-state index in [0.717, 1.165) is 22.7 Å². The Morgan fingerprint density at radius 1 is 1.29 bits per heavy atom. The SMILES string of the molecule is Cc1cc2c(cn1)CC2(O)Cn1c2c(c3cc(Cl)ccc31)C1CCC(C2)N1C. The molecular formula is C23H24ClN3O. The summed E-state index contributed by atoms with van der Waals surface area (Å²) in [7, 11) is 2.25. The molecule has 3 aromatic rings. The van der Waals surface area contributed by atoms with Crippen LogP contribution in [-0.4, -0.2) is 32.6 Å². The van der Waals surface area contributed by atoms with Gasteiger partial charge >= 0.3 is 0 Å². The van der Waals surface area contributed by atoms with Gasteiger partial charge < -0.3 is 9.67 Å². The van der Waals surface area contributed by atoms with Crippen molar-refractivity contribution in [2.45, 2.75) is 56.8 Å². The summed E-state index contributed by atoms with van der Waals surface area (Å²) in [5, 5.41) is 13.5. The number of aryl methyl sites for hydroxylation is 1. The maximum atomic E-state index is 11.5. The summed E-state index contributed by atoms with van der Waals surface area (Å²) in [4.78, 5) is 6.92. The first-order valence-electron chi connectivity index (χ1n) is 10.2. The van der Waals surface area contributed by atoms with Gasteiger partial charge in [0.15, 0.2) is 0 Å². The average molecular weight is 394 g/mol. The van der Waals surface area contributed by atoms with E-state index >= 15 is 0 Å². The third kappa shape index (κ3) is 2.17. The normalized spacial score (nSPS) is 28.3. The second-order valence-corrected chi connectivity index (χ2v) is 9.35. The fraction of sp³-hybridized carbons (Fsp3) is 0.435. The Bertz CT molecular complexity index is 1140. The van der Waals surface area contributed by atoms with Gasteiger partial charge in [0.05, 0.1) is 6.54 Å². The molecule has 1 N–H and O–H groups in total. The van der Waals surface area contributed by atoms with Crippen molar-refractivity contribution < 1.29 is 5.11 Å². The largest absolute Gasteiger partial charge is 0.383 e. The highest BCUT2D eigenvalue weighted by atomic mass is 35.5. The van der Waals surface area contributed by atoms with Gasteiger partial charge in [-0.3, -0.25) is 9.88 Å². The van der Waals surface area contributed by atoms with Gasteiger partial charge in [0.1, 0.15) is 5.60 Å². The van der Waals surface area contributed by atoms with Crippen molar-refractivity contribution in [1.82, 2.24) is 14.5 Å². The molecule has 0 saturated carbocycles. The Balaban J connectivity index is 1.52. The summed E-state index contributed by atoms with van der Waals surface area (Å²) >= 11 is 6.38. The number of nitrogens with zero attached hydrogens (tertiary/aromatic N) is 3. The van der Waals surface area contributed by atoms with Crippen LogP contribution in [-0.2, 0) is 25.0 Å². The number of likely N-dealkylation sites (N-methyl/N-ethyl adjacent to an activating group) is 1. The molecule has 1 saturated heterocycles. The highest BCUT2D eigenvalue weighted by Gasteiger charge is 2.45. The molecule has 4 nitrogen and oxygen atoms in total. The Hall–Kier alpha value is -1.88. The molecule has 4 heterocycles. The highest BCUT2D eigenvalue weighted by molar-refractivity contribution is 6.31. The molecule has 0 radical (unpaired) electrons. The molecular weight excluding hydrogens is 370 g/mol. The predicted molar refractivity (Wildman–Crippen MR) is 111 cm³/mol. The van der Waals surface area contributed by atoms with E-state index in [9.17, 15) is 5.11 Å². The zero-order valence-corrected chi connectivity index (χ0v) is 17.0. The second kappa shape index (κ2) is 5.59. The Morgan fingerprint density at radius 2 is 2.14 bits per heavy atom. The minimum Gasteiger partial charge on any atom is -0.383 e. The number of hydrogen-bond donors (Lipinski definition) is 1. The van der Waals surface area contributed by atoms with Crippen LogP contribution in [0, 0.1) is 6.92 Å². The lowest BCUT2D eigenvalue weighted by atomic mass is 9.74. The van der Waals surface area contributed by atoms with Crippen molar-refractivity contribution in [2.24, 2.45) is 0 Å². The van der Waals surface area contributed by atoms with E-state index in [0.29, 0.717) is 25.0 Å². The smallest absolute Gasteiger partial charge is 0.112 e. The lowest BCUT2D eigenvalue weighted by Crippen LogP contribution is -2.43. The number of aromatic nitrogens is 2. The Labute approximate surface area is 169 Å². The molecule has 1 aliphatic carbocycles. The molecule has 3 unspecified atom stereocenters. The molecule has 1 fully saturated rings. The molecule has 2 bridgehead atoms. The van der Waals surface area contributed by atoms with Gasteiger partial charge in [-0.25, -0.2) is 0 Å². The molecule has 2 aromatic heterocycles. The van der Waals surface area contributed by atoms with E-state index in [-0.39, 0.29) is 0 Å². The fourth-order valence-corrected chi connectivity index (χ4v) is 6.05. The van der Waals surface area contributed by atoms with Crippen LogP contribution < -0.4 is 0 Å². The van der Waals surface area contributed by atoms with Crippen LogP contribution in [0.1, 0.15) is 47.0 Å². The summed E-state index contributed by atoms with van der Waals surface area (Å²) < 4.78 is 2.39. The number of aliphatic hydroxyl groups is 1. The molecule has 2 aliphatic heterocycles. The quantitative estimate of drug-likeness (QED) is 0.711. The summed E-state index contributed by atoms with van der Waals surface area (Å²) in [5.74, 6) is 0. The van der Waals surface area contributed by atoms with E-state index in [1.54, 1.807) is 0 Å². The van der Waals surface area contributed by atoms with Crippen molar-refractivity contribution in [3.05, 3.63) is 63.6 Å². The standard InChI is InChI=1S/C23H24ClN3O/c1-13-7-18-14(11-25-13)10-23(18,28)12-27-19-5-3-15(24)8-17(19)22-20-6-4-16(26(20)2)9-21(22)27/h3,5,7-8,11,16,20,28H,4,6,9-10,12H2,1-2H3. The van der Waals surface area contributed by atoms with Crippen molar-refractivity contribution in [3.8, 4) is 0 Å². The third-order valence-electron chi connectivity index (χ3n) is 7.31. The van der Waals surface area contributed by atoms with Crippen molar-refractivity contribution in [2.75, 3.05) is 7.05 Å². The van der Waals surface area contributed by atoms with Crippen LogP contribution in [0.3, 0.4) is 0 Å². The van der Waals surface area contributed by atoms with Crippen LogP contribution >= 0.6 is 11.6 Å². The zero-order chi connectivity index (χ0) is 19.2. The molecule has 3 atom stereocenters. The number of halogens is 1. The molecule has 6 rings (SSSR count). The van der Waals surface area contributed by atoms with E-state index < -0.39 is 5.60 Å². The van der Waals surface area contributed by atoms with Crippen molar-refractivity contribution >= 4 is 22.5 Å². The van der Waals surface area contributed by atoms with Gasteiger partial charge in [0.2, 0.25) is 0 Å². The summed E-state index contributed by atoms with van der Waals surface area (Å²) in [6.45, 7) is 2.58. The molecule has 0 spiro atoms. The van der Waals surface area contributed by atoms with Gasteiger partial charge in [-0.1, -0.05) is 11.6 Å². The Morgan fingerprint density at radius 3 is 3.00 bits per heavy atom. The first-order chi connectivity index (χ1) is 13.4.